The van der Waals surface area contributed by atoms with Crippen molar-refractivity contribution in [2.75, 3.05) is 27.2 Å². The van der Waals surface area contributed by atoms with E-state index in [1.807, 2.05) is 31.1 Å². The van der Waals surface area contributed by atoms with Crippen LogP contribution in [0.25, 0.3) is 0 Å². The Morgan fingerprint density at radius 2 is 1.79 bits per heavy atom. The number of nitrogens with zero attached hydrogens (tertiary/aromatic N) is 1. The molecule has 0 saturated carbocycles. The molecule has 0 aromatic heterocycles. The van der Waals surface area contributed by atoms with E-state index in [0.717, 1.165) is 19.3 Å². The quantitative estimate of drug-likeness (QED) is 0.793. The minimum absolute atomic E-state index is 0.339. The van der Waals surface area contributed by atoms with Gasteiger partial charge in [0.1, 0.15) is 0 Å². The summed E-state index contributed by atoms with van der Waals surface area (Å²) in [7, 11) is 0.457. The van der Waals surface area contributed by atoms with Crippen LogP contribution in [0.4, 0.5) is 0 Å². The second-order valence-corrected chi connectivity index (χ2v) is 6.72. The van der Waals surface area contributed by atoms with Crippen LogP contribution in [0.1, 0.15) is 25.3 Å². The van der Waals surface area contributed by atoms with E-state index in [1.54, 1.807) is 12.1 Å². The summed E-state index contributed by atoms with van der Waals surface area (Å²) < 4.78 is 26.6. The lowest BCUT2D eigenvalue weighted by Crippen LogP contribution is -2.31. The molecule has 1 aromatic rings. The average molecular weight is 284 g/mol. The van der Waals surface area contributed by atoms with E-state index in [-0.39, 0.29) is 0 Å². The van der Waals surface area contributed by atoms with Crippen LogP contribution in [-0.4, -0.2) is 40.5 Å². The fraction of sp³-hybridized carbons (Fsp3) is 0.571. The molecule has 108 valence electrons. The Morgan fingerprint density at radius 3 is 2.32 bits per heavy atom. The van der Waals surface area contributed by atoms with E-state index in [1.165, 1.54) is 5.56 Å². The number of sulfonamides is 1. The number of unbranched alkanes of at least 4 members (excludes halogenated alkanes) is 1. The minimum atomic E-state index is -3.37. The van der Waals surface area contributed by atoms with Gasteiger partial charge in [-0.3, -0.25) is 0 Å². The first kappa shape index (κ1) is 16.1. The molecule has 0 aliphatic rings. The molecule has 0 aliphatic carbocycles. The zero-order chi connectivity index (χ0) is 14.3. The maximum absolute atomic E-state index is 12.0. The van der Waals surface area contributed by atoms with Gasteiger partial charge in [-0.25, -0.2) is 13.1 Å². The van der Waals surface area contributed by atoms with E-state index < -0.39 is 10.0 Å². The summed E-state index contributed by atoms with van der Waals surface area (Å²) in [5.74, 6) is 0. The van der Waals surface area contributed by atoms with Gasteiger partial charge in [-0.05, 0) is 44.6 Å². The van der Waals surface area contributed by atoms with Crippen molar-refractivity contribution in [2.45, 2.75) is 31.1 Å². The molecule has 0 spiro atoms. The molecule has 0 bridgehead atoms. The summed E-state index contributed by atoms with van der Waals surface area (Å²) in [6.45, 7) is 3.26. The van der Waals surface area contributed by atoms with E-state index in [4.69, 9.17) is 0 Å². The minimum Gasteiger partial charge on any atom is -0.308 e. The predicted molar refractivity (Wildman–Crippen MR) is 78.8 cm³/mol. The third-order valence-electron chi connectivity index (χ3n) is 2.90. The first-order valence-electron chi connectivity index (χ1n) is 6.69. The van der Waals surface area contributed by atoms with Crippen molar-refractivity contribution in [3.63, 3.8) is 0 Å². The third-order valence-corrected chi connectivity index (χ3v) is 4.38. The van der Waals surface area contributed by atoms with Crippen molar-refractivity contribution in [1.29, 1.82) is 0 Å². The fourth-order valence-corrected chi connectivity index (χ4v) is 2.72. The van der Waals surface area contributed by atoms with Crippen molar-refractivity contribution < 1.29 is 8.42 Å². The Balaban J connectivity index is 2.63. The molecule has 0 radical (unpaired) electrons. The van der Waals surface area contributed by atoms with E-state index >= 15 is 0 Å². The normalized spacial score (nSPS) is 12.0. The summed E-state index contributed by atoms with van der Waals surface area (Å²) in [5.41, 5.74) is 1.19. The average Bonchev–Trinajstić information content (AvgIpc) is 2.36. The molecule has 1 N–H and O–H groups in total. The molecular formula is C14H24N2O2S. The Bertz CT molecular complexity index is 467. The number of rotatable bonds is 8. The summed E-state index contributed by atoms with van der Waals surface area (Å²) >= 11 is 0. The standard InChI is InChI=1S/C14H24N2O2S/c1-4-5-6-13-7-9-14(10-8-13)19(17,18)15-11-12-16(2)3/h7-10,15H,4-6,11-12H2,1-3H3. The Morgan fingerprint density at radius 1 is 1.16 bits per heavy atom. The van der Waals surface area contributed by atoms with E-state index in [9.17, 15) is 8.42 Å². The summed E-state index contributed by atoms with van der Waals surface area (Å²) in [4.78, 5) is 2.28. The zero-order valence-electron chi connectivity index (χ0n) is 12.0. The number of benzene rings is 1. The SMILES string of the molecule is CCCCc1ccc(S(=O)(=O)NCCN(C)C)cc1. The van der Waals surface area contributed by atoms with Crippen molar-refractivity contribution in [2.24, 2.45) is 0 Å². The second-order valence-electron chi connectivity index (χ2n) is 4.95. The van der Waals surface area contributed by atoms with Crippen LogP contribution in [0.2, 0.25) is 0 Å². The molecule has 0 fully saturated rings. The smallest absolute Gasteiger partial charge is 0.240 e. The van der Waals surface area contributed by atoms with Gasteiger partial charge >= 0.3 is 0 Å². The highest BCUT2D eigenvalue weighted by atomic mass is 32.2. The van der Waals surface area contributed by atoms with Crippen LogP contribution in [0.3, 0.4) is 0 Å². The lowest BCUT2D eigenvalue weighted by molar-refractivity contribution is 0.412. The van der Waals surface area contributed by atoms with Crippen LogP contribution >= 0.6 is 0 Å². The monoisotopic (exact) mass is 284 g/mol. The van der Waals surface area contributed by atoms with Gasteiger partial charge in [0, 0.05) is 13.1 Å². The molecule has 0 saturated heterocycles. The van der Waals surface area contributed by atoms with E-state index in [0.29, 0.717) is 18.0 Å². The first-order valence-corrected chi connectivity index (χ1v) is 8.17. The zero-order valence-corrected chi connectivity index (χ0v) is 12.8. The van der Waals surface area contributed by atoms with Crippen LogP contribution in [0.5, 0.6) is 0 Å². The molecule has 5 heteroatoms. The second kappa shape index (κ2) is 7.62. The summed E-state index contributed by atoms with van der Waals surface area (Å²) in [5, 5.41) is 0. The van der Waals surface area contributed by atoms with Gasteiger partial charge < -0.3 is 4.90 Å². The van der Waals surface area contributed by atoms with Crippen LogP contribution < -0.4 is 4.72 Å². The van der Waals surface area contributed by atoms with Crippen molar-refractivity contribution in [3.8, 4) is 0 Å². The van der Waals surface area contributed by atoms with Gasteiger partial charge in [0.15, 0.2) is 0 Å². The number of likely N-dealkylation sites (N-methyl/N-ethyl adjacent to an activating group) is 1. The van der Waals surface area contributed by atoms with Crippen LogP contribution in [0, 0.1) is 0 Å². The molecule has 0 amide bonds. The summed E-state index contributed by atoms with van der Waals surface area (Å²) in [6, 6.07) is 7.16. The largest absolute Gasteiger partial charge is 0.308 e. The van der Waals surface area contributed by atoms with Gasteiger partial charge in [-0.2, -0.15) is 0 Å². The van der Waals surface area contributed by atoms with Gasteiger partial charge in [0.25, 0.3) is 0 Å². The molecule has 0 unspecified atom stereocenters. The van der Waals surface area contributed by atoms with Gasteiger partial charge in [-0.1, -0.05) is 25.5 Å². The molecule has 1 aromatic carbocycles. The molecule has 19 heavy (non-hydrogen) atoms. The van der Waals surface area contributed by atoms with Crippen LogP contribution in [0.15, 0.2) is 29.2 Å². The van der Waals surface area contributed by atoms with Gasteiger partial charge in [0.05, 0.1) is 4.90 Å². The lowest BCUT2D eigenvalue weighted by atomic mass is 10.1. The molecule has 0 aliphatic heterocycles. The molecule has 0 heterocycles. The highest BCUT2D eigenvalue weighted by molar-refractivity contribution is 7.89. The molecule has 4 nitrogen and oxygen atoms in total. The fourth-order valence-electron chi connectivity index (χ4n) is 1.70. The molecular weight excluding hydrogens is 260 g/mol. The lowest BCUT2D eigenvalue weighted by Gasteiger charge is -2.11. The maximum atomic E-state index is 12.0. The Hall–Kier alpha value is -0.910. The van der Waals surface area contributed by atoms with Gasteiger partial charge in [0.2, 0.25) is 10.0 Å². The maximum Gasteiger partial charge on any atom is 0.240 e. The van der Waals surface area contributed by atoms with Crippen molar-refractivity contribution >= 4 is 10.0 Å². The summed E-state index contributed by atoms with van der Waals surface area (Å²) in [6.07, 6.45) is 3.28. The first-order chi connectivity index (χ1) is 8.95. The highest BCUT2D eigenvalue weighted by Crippen LogP contribution is 2.12. The Kier molecular flexibility index (Phi) is 6.48. The number of hydrogen-bond donors (Lipinski definition) is 1. The number of nitrogens with one attached hydrogen (secondary N) is 1. The highest BCUT2D eigenvalue weighted by Gasteiger charge is 2.12. The molecule has 1 rings (SSSR count). The topological polar surface area (TPSA) is 49.4 Å². The van der Waals surface area contributed by atoms with E-state index in [2.05, 4.69) is 11.6 Å². The number of hydrogen-bond acceptors (Lipinski definition) is 3. The number of aryl methyl sites for hydroxylation is 1. The van der Waals surface area contributed by atoms with Gasteiger partial charge in [-0.15, -0.1) is 0 Å². The van der Waals surface area contributed by atoms with Crippen molar-refractivity contribution in [3.05, 3.63) is 29.8 Å². The van der Waals surface area contributed by atoms with Crippen molar-refractivity contribution in [1.82, 2.24) is 9.62 Å². The third kappa shape index (κ3) is 5.72. The predicted octanol–water partition coefficient (Wildman–Crippen LogP) is 1.87. The van der Waals surface area contributed by atoms with Crippen LogP contribution in [-0.2, 0) is 16.4 Å². The molecule has 0 atom stereocenters. The Labute approximate surface area is 116 Å².